The molecule has 0 aliphatic carbocycles. The van der Waals surface area contributed by atoms with Crippen molar-refractivity contribution in [3.8, 4) is 0 Å². The van der Waals surface area contributed by atoms with Crippen LogP contribution in [0.2, 0.25) is 0 Å². The molecule has 2 heteroatoms. The first-order chi connectivity index (χ1) is 6.56. The average Bonchev–Trinajstić information content (AvgIpc) is 2.08. The molecule has 0 fully saturated rings. The standard InChI is InChI=1S/C12H27NS/c1-5-6-7-10-14-11-8-9-13-12(2,3)4/h13H,5-11H2,1-4H3. The molecule has 86 valence electrons. The molecule has 1 nitrogen and oxygen atoms in total. The minimum Gasteiger partial charge on any atom is -0.312 e. The van der Waals surface area contributed by atoms with E-state index in [2.05, 4.69) is 44.8 Å². The second-order valence-corrected chi connectivity index (χ2v) is 6.07. The molecule has 0 atom stereocenters. The van der Waals surface area contributed by atoms with Gasteiger partial charge in [0, 0.05) is 5.54 Å². The fourth-order valence-corrected chi connectivity index (χ4v) is 2.15. The number of rotatable bonds is 8. The van der Waals surface area contributed by atoms with Crippen LogP contribution in [0.1, 0.15) is 53.4 Å². The maximum atomic E-state index is 3.51. The van der Waals surface area contributed by atoms with Gasteiger partial charge in [0.1, 0.15) is 0 Å². The predicted octanol–water partition coefficient (Wildman–Crippen LogP) is 3.69. The van der Waals surface area contributed by atoms with Gasteiger partial charge in [0.05, 0.1) is 0 Å². The van der Waals surface area contributed by atoms with Gasteiger partial charge in [-0.05, 0) is 51.7 Å². The summed E-state index contributed by atoms with van der Waals surface area (Å²) >= 11 is 2.10. The molecule has 0 radical (unpaired) electrons. The van der Waals surface area contributed by atoms with Gasteiger partial charge in [-0.2, -0.15) is 11.8 Å². The summed E-state index contributed by atoms with van der Waals surface area (Å²) < 4.78 is 0. The summed E-state index contributed by atoms with van der Waals surface area (Å²) in [6, 6.07) is 0. The van der Waals surface area contributed by atoms with Crippen molar-refractivity contribution in [2.45, 2.75) is 58.9 Å². The summed E-state index contributed by atoms with van der Waals surface area (Å²) in [5.74, 6) is 2.66. The fraction of sp³-hybridized carbons (Fsp3) is 1.00. The molecule has 0 unspecified atom stereocenters. The Kier molecular flexibility index (Phi) is 8.80. The highest BCUT2D eigenvalue weighted by Crippen LogP contribution is 2.07. The van der Waals surface area contributed by atoms with Crippen molar-refractivity contribution in [1.82, 2.24) is 5.32 Å². The topological polar surface area (TPSA) is 12.0 Å². The van der Waals surface area contributed by atoms with E-state index in [1.165, 1.54) is 37.2 Å². The van der Waals surface area contributed by atoms with Crippen LogP contribution >= 0.6 is 11.8 Å². The monoisotopic (exact) mass is 217 g/mol. The predicted molar refractivity (Wildman–Crippen MR) is 69.2 cm³/mol. The molecule has 0 aliphatic rings. The Labute approximate surface area is 94.4 Å². The minimum absolute atomic E-state index is 0.285. The summed E-state index contributed by atoms with van der Waals surface area (Å²) in [6.07, 6.45) is 5.43. The third-order valence-corrected chi connectivity index (χ3v) is 3.17. The molecule has 0 saturated carbocycles. The molecule has 0 aromatic carbocycles. The van der Waals surface area contributed by atoms with Crippen LogP contribution in [0.4, 0.5) is 0 Å². The third-order valence-electron chi connectivity index (χ3n) is 2.01. The highest BCUT2D eigenvalue weighted by Gasteiger charge is 2.06. The van der Waals surface area contributed by atoms with Gasteiger partial charge < -0.3 is 5.32 Å². The van der Waals surface area contributed by atoms with E-state index in [4.69, 9.17) is 0 Å². The molecule has 0 bridgehead atoms. The number of nitrogens with one attached hydrogen (secondary N) is 1. The second-order valence-electron chi connectivity index (χ2n) is 4.85. The molecule has 0 heterocycles. The molecule has 0 amide bonds. The Morgan fingerprint density at radius 1 is 1.00 bits per heavy atom. The first-order valence-corrected chi connectivity index (χ1v) is 7.04. The minimum atomic E-state index is 0.285. The molecular formula is C12H27NS. The van der Waals surface area contributed by atoms with Gasteiger partial charge in [-0.1, -0.05) is 19.8 Å². The molecular weight excluding hydrogens is 190 g/mol. The number of thioether (sulfide) groups is 1. The van der Waals surface area contributed by atoms with Gasteiger partial charge in [-0.25, -0.2) is 0 Å². The zero-order chi connectivity index (χ0) is 10.9. The van der Waals surface area contributed by atoms with Gasteiger partial charge in [-0.15, -0.1) is 0 Å². The molecule has 0 spiro atoms. The smallest absolute Gasteiger partial charge is 0.00965 e. The summed E-state index contributed by atoms with van der Waals surface area (Å²) in [4.78, 5) is 0. The maximum absolute atomic E-state index is 3.51. The number of hydrogen-bond acceptors (Lipinski definition) is 2. The lowest BCUT2D eigenvalue weighted by Crippen LogP contribution is -2.36. The summed E-state index contributed by atoms with van der Waals surface area (Å²) in [5, 5.41) is 3.51. The number of unbranched alkanes of at least 4 members (excludes halogenated alkanes) is 2. The highest BCUT2D eigenvalue weighted by molar-refractivity contribution is 7.99. The highest BCUT2D eigenvalue weighted by atomic mass is 32.2. The third kappa shape index (κ3) is 12.3. The molecule has 14 heavy (non-hydrogen) atoms. The van der Waals surface area contributed by atoms with E-state index in [1.807, 2.05) is 0 Å². The molecule has 0 rings (SSSR count). The SMILES string of the molecule is CCCCCSCCCNC(C)(C)C. The van der Waals surface area contributed by atoms with E-state index in [-0.39, 0.29) is 5.54 Å². The van der Waals surface area contributed by atoms with Crippen molar-refractivity contribution in [2.24, 2.45) is 0 Å². The van der Waals surface area contributed by atoms with Crippen molar-refractivity contribution in [1.29, 1.82) is 0 Å². The van der Waals surface area contributed by atoms with Gasteiger partial charge in [0.15, 0.2) is 0 Å². The molecule has 0 aromatic rings. The van der Waals surface area contributed by atoms with Crippen molar-refractivity contribution < 1.29 is 0 Å². The van der Waals surface area contributed by atoms with Crippen LogP contribution in [0.25, 0.3) is 0 Å². The lowest BCUT2D eigenvalue weighted by Gasteiger charge is -2.20. The first kappa shape index (κ1) is 14.3. The summed E-state index contributed by atoms with van der Waals surface area (Å²) in [5.41, 5.74) is 0.285. The van der Waals surface area contributed by atoms with Crippen LogP contribution in [-0.2, 0) is 0 Å². The second kappa shape index (κ2) is 8.60. The average molecular weight is 217 g/mol. The van der Waals surface area contributed by atoms with E-state index >= 15 is 0 Å². The van der Waals surface area contributed by atoms with Crippen LogP contribution in [0.3, 0.4) is 0 Å². The van der Waals surface area contributed by atoms with Gasteiger partial charge in [0.25, 0.3) is 0 Å². The Balaban J connectivity index is 2.99. The van der Waals surface area contributed by atoms with Crippen LogP contribution in [0, 0.1) is 0 Å². The number of hydrogen-bond donors (Lipinski definition) is 1. The first-order valence-electron chi connectivity index (χ1n) is 5.89. The van der Waals surface area contributed by atoms with Gasteiger partial charge in [0.2, 0.25) is 0 Å². The lowest BCUT2D eigenvalue weighted by molar-refractivity contribution is 0.427. The van der Waals surface area contributed by atoms with Crippen molar-refractivity contribution >= 4 is 11.8 Å². The van der Waals surface area contributed by atoms with E-state index in [9.17, 15) is 0 Å². The quantitative estimate of drug-likeness (QED) is 0.622. The van der Waals surface area contributed by atoms with E-state index in [1.54, 1.807) is 0 Å². The summed E-state index contributed by atoms with van der Waals surface area (Å²) in [7, 11) is 0. The fourth-order valence-electron chi connectivity index (χ4n) is 1.19. The van der Waals surface area contributed by atoms with Crippen molar-refractivity contribution in [2.75, 3.05) is 18.1 Å². The Bertz CT molecular complexity index is 118. The molecule has 0 aromatic heterocycles. The normalized spacial score (nSPS) is 12.0. The maximum Gasteiger partial charge on any atom is 0.00965 e. The van der Waals surface area contributed by atoms with Gasteiger partial charge in [-0.3, -0.25) is 0 Å². The van der Waals surface area contributed by atoms with E-state index in [0.29, 0.717) is 0 Å². The lowest BCUT2D eigenvalue weighted by atomic mass is 10.1. The Hall–Kier alpha value is 0.310. The molecule has 0 aliphatic heterocycles. The van der Waals surface area contributed by atoms with Crippen LogP contribution < -0.4 is 5.32 Å². The van der Waals surface area contributed by atoms with Gasteiger partial charge >= 0.3 is 0 Å². The van der Waals surface area contributed by atoms with Crippen molar-refractivity contribution in [3.63, 3.8) is 0 Å². The Morgan fingerprint density at radius 2 is 1.64 bits per heavy atom. The van der Waals surface area contributed by atoms with Crippen LogP contribution in [0.15, 0.2) is 0 Å². The molecule has 1 N–H and O–H groups in total. The van der Waals surface area contributed by atoms with Crippen LogP contribution in [0.5, 0.6) is 0 Å². The van der Waals surface area contributed by atoms with E-state index < -0.39 is 0 Å². The Morgan fingerprint density at radius 3 is 2.21 bits per heavy atom. The zero-order valence-electron chi connectivity index (χ0n) is 10.4. The van der Waals surface area contributed by atoms with E-state index in [0.717, 1.165) is 6.54 Å². The van der Waals surface area contributed by atoms with Crippen LogP contribution in [-0.4, -0.2) is 23.6 Å². The zero-order valence-corrected chi connectivity index (χ0v) is 11.2. The van der Waals surface area contributed by atoms with Crippen molar-refractivity contribution in [3.05, 3.63) is 0 Å². The largest absolute Gasteiger partial charge is 0.312 e. The molecule has 0 saturated heterocycles. The summed E-state index contributed by atoms with van der Waals surface area (Å²) in [6.45, 7) is 10.1.